The van der Waals surface area contributed by atoms with E-state index in [1.807, 2.05) is 12.1 Å². The number of allylic oxidation sites excluding steroid dienone is 1. The Morgan fingerprint density at radius 1 is 1.36 bits per heavy atom. The summed E-state index contributed by atoms with van der Waals surface area (Å²) in [5.41, 5.74) is 0.670. The van der Waals surface area contributed by atoms with E-state index in [2.05, 4.69) is 22.5 Å². The summed E-state index contributed by atoms with van der Waals surface area (Å²) in [5, 5.41) is 0. The zero-order valence-electron chi connectivity index (χ0n) is 5.88. The van der Waals surface area contributed by atoms with Gasteiger partial charge in [0, 0.05) is 10.0 Å². The maximum atomic E-state index is 11.0. The number of hydrogen-bond donors (Lipinski definition) is 0. The molecule has 56 valence electrons. The van der Waals surface area contributed by atoms with E-state index in [0.29, 0.717) is 5.56 Å². The van der Waals surface area contributed by atoms with Crippen LogP contribution in [0.1, 0.15) is 10.4 Å². The van der Waals surface area contributed by atoms with Crippen molar-refractivity contribution in [1.82, 2.24) is 0 Å². The molecule has 0 unspecified atom stereocenters. The van der Waals surface area contributed by atoms with Crippen LogP contribution in [0.3, 0.4) is 0 Å². The topological polar surface area (TPSA) is 17.1 Å². The van der Waals surface area contributed by atoms with Gasteiger partial charge in [-0.1, -0.05) is 22.5 Å². The number of rotatable bonds is 2. The summed E-state index contributed by atoms with van der Waals surface area (Å²) in [4.78, 5) is 11.0. The van der Waals surface area contributed by atoms with Gasteiger partial charge in [-0.15, -0.1) is 0 Å². The van der Waals surface area contributed by atoms with Gasteiger partial charge in [0.1, 0.15) is 0 Å². The minimum Gasteiger partial charge on any atom is -0.289 e. The van der Waals surface area contributed by atoms with Crippen LogP contribution in [-0.4, -0.2) is 5.78 Å². The summed E-state index contributed by atoms with van der Waals surface area (Å²) in [7, 11) is 0. The molecule has 2 heteroatoms. The van der Waals surface area contributed by atoms with Gasteiger partial charge in [0.05, 0.1) is 0 Å². The van der Waals surface area contributed by atoms with Gasteiger partial charge in [-0.3, -0.25) is 4.79 Å². The molecule has 0 fully saturated rings. The Morgan fingerprint density at radius 2 is 1.91 bits per heavy atom. The van der Waals surface area contributed by atoms with Crippen LogP contribution in [-0.2, 0) is 0 Å². The second-order valence-electron chi connectivity index (χ2n) is 2.08. The van der Waals surface area contributed by atoms with E-state index in [1.54, 1.807) is 12.1 Å². The fourth-order valence-corrected chi connectivity index (χ4v) is 0.996. The summed E-state index contributed by atoms with van der Waals surface area (Å²) < 4.78 is 0.970. The second-order valence-corrected chi connectivity index (χ2v) is 2.99. The highest BCUT2D eigenvalue weighted by Gasteiger charge is 1.98. The molecule has 0 aliphatic heterocycles. The second kappa shape index (κ2) is 3.49. The van der Waals surface area contributed by atoms with Crippen molar-refractivity contribution in [3.63, 3.8) is 0 Å². The van der Waals surface area contributed by atoms with Crippen LogP contribution >= 0.6 is 15.9 Å². The van der Waals surface area contributed by atoms with E-state index >= 15 is 0 Å². The molecular formula is C9H7BrO. The van der Waals surface area contributed by atoms with Gasteiger partial charge in [0.25, 0.3) is 0 Å². The molecule has 1 aromatic rings. The molecule has 0 bridgehead atoms. The third kappa shape index (κ3) is 2.02. The largest absolute Gasteiger partial charge is 0.289 e. The summed E-state index contributed by atoms with van der Waals surface area (Å²) >= 11 is 3.28. The number of carbonyl (C=O) groups excluding carboxylic acids is 1. The van der Waals surface area contributed by atoms with Gasteiger partial charge in [-0.05, 0) is 30.3 Å². The average molecular weight is 211 g/mol. The number of hydrogen-bond acceptors (Lipinski definition) is 1. The highest BCUT2D eigenvalue weighted by molar-refractivity contribution is 9.10. The van der Waals surface area contributed by atoms with Crippen molar-refractivity contribution in [2.24, 2.45) is 0 Å². The average Bonchev–Trinajstić information content (AvgIpc) is 2.05. The van der Waals surface area contributed by atoms with Crippen molar-refractivity contribution in [2.45, 2.75) is 0 Å². The molecule has 1 rings (SSSR count). The third-order valence-electron chi connectivity index (χ3n) is 1.31. The molecule has 0 aliphatic carbocycles. The van der Waals surface area contributed by atoms with Crippen LogP contribution in [0, 0.1) is 0 Å². The van der Waals surface area contributed by atoms with Gasteiger partial charge in [-0.25, -0.2) is 0 Å². The summed E-state index contributed by atoms with van der Waals surface area (Å²) in [5.74, 6) is -0.0440. The Labute approximate surface area is 73.9 Å². The lowest BCUT2D eigenvalue weighted by molar-refractivity contribution is 0.104. The molecular weight excluding hydrogens is 204 g/mol. The van der Waals surface area contributed by atoms with E-state index in [0.717, 1.165) is 4.47 Å². The predicted octanol–water partition coefficient (Wildman–Crippen LogP) is 2.82. The van der Waals surface area contributed by atoms with Gasteiger partial charge in [-0.2, -0.15) is 0 Å². The molecule has 0 heterocycles. The van der Waals surface area contributed by atoms with Crippen LogP contribution in [0.5, 0.6) is 0 Å². The Morgan fingerprint density at radius 3 is 2.36 bits per heavy atom. The van der Waals surface area contributed by atoms with Crippen molar-refractivity contribution < 1.29 is 4.79 Å². The zero-order valence-corrected chi connectivity index (χ0v) is 7.47. The van der Waals surface area contributed by atoms with Gasteiger partial charge < -0.3 is 0 Å². The zero-order chi connectivity index (χ0) is 8.27. The minimum atomic E-state index is -0.0440. The van der Waals surface area contributed by atoms with Gasteiger partial charge in [0.15, 0.2) is 5.78 Å². The quantitative estimate of drug-likeness (QED) is 0.543. The number of carbonyl (C=O) groups is 1. The Bertz CT molecular complexity index is 274. The first kappa shape index (κ1) is 8.21. The molecule has 0 atom stereocenters. The van der Waals surface area contributed by atoms with Gasteiger partial charge in [0.2, 0.25) is 0 Å². The number of benzene rings is 1. The normalized spacial score (nSPS) is 9.18. The van der Waals surface area contributed by atoms with E-state index in [9.17, 15) is 4.79 Å². The standard InChI is InChI=1S/C9H7BrO/c1-2-9(11)7-3-5-8(10)6-4-7/h2-6H,1H2. The lowest BCUT2D eigenvalue weighted by Crippen LogP contribution is -1.91. The maximum absolute atomic E-state index is 11.0. The van der Waals surface area contributed by atoms with Crippen LogP contribution in [0.2, 0.25) is 0 Å². The number of halogens is 1. The van der Waals surface area contributed by atoms with Crippen molar-refractivity contribution in [3.05, 3.63) is 47.0 Å². The minimum absolute atomic E-state index is 0.0440. The smallest absolute Gasteiger partial charge is 0.185 e. The molecule has 0 saturated heterocycles. The molecule has 1 aromatic carbocycles. The predicted molar refractivity (Wildman–Crippen MR) is 48.7 cm³/mol. The van der Waals surface area contributed by atoms with Crippen molar-refractivity contribution in [1.29, 1.82) is 0 Å². The molecule has 0 amide bonds. The van der Waals surface area contributed by atoms with Crippen LogP contribution in [0.4, 0.5) is 0 Å². The highest BCUT2D eigenvalue weighted by atomic mass is 79.9. The van der Waals surface area contributed by atoms with Crippen LogP contribution in [0.15, 0.2) is 41.4 Å². The van der Waals surface area contributed by atoms with Crippen molar-refractivity contribution in [3.8, 4) is 0 Å². The molecule has 0 aliphatic rings. The third-order valence-corrected chi connectivity index (χ3v) is 1.84. The van der Waals surface area contributed by atoms with Crippen LogP contribution < -0.4 is 0 Å². The van der Waals surface area contributed by atoms with Crippen molar-refractivity contribution in [2.75, 3.05) is 0 Å². The molecule has 0 spiro atoms. The van der Waals surface area contributed by atoms with Crippen molar-refractivity contribution >= 4 is 21.7 Å². The Kier molecular flexibility index (Phi) is 2.60. The fourth-order valence-electron chi connectivity index (χ4n) is 0.732. The van der Waals surface area contributed by atoms with Crippen LogP contribution in [0.25, 0.3) is 0 Å². The molecule has 0 N–H and O–H groups in total. The Balaban J connectivity index is 2.98. The first-order valence-corrected chi connectivity index (χ1v) is 3.95. The van der Waals surface area contributed by atoms with E-state index in [-0.39, 0.29) is 5.78 Å². The molecule has 0 aromatic heterocycles. The monoisotopic (exact) mass is 210 g/mol. The molecule has 0 saturated carbocycles. The first-order chi connectivity index (χ1) is 5.24. The summed E-state index contributed by atoms with van der Waals surface area (Å²) in [6, 6.07) is 7.18. The van der Waals surface area contributed by atoms with E-state index in [4.69, 9.17) is 0 Å². The Hall–Kier alpha value is -0.890. The fraction of sp³-hybridized carbons (Fsp3) is 0. The van der Waals surface area contributed by atoms with E-state index < -0.39 is 0 Å². The SMILES string of the molecule is C=CC(=O)c1ccc(Br)cc1. The summed E-state index contributed by atoms with van der Waals surface area (Å²) in [6.07, 6.45) is 1.31. The maximum Gasteiger partial charge on any atom is 0.185 e. The first-order valence-electron chi connectivity index (χ1n) is 3.16. The highest BCUT2D eigenvalue weighted by Crippen LogP contribution is 2.10. The number of ketones is 1. The molecule has 0 radical (unpaired) electrons. The lowest BCUT2D eigenvalue weighted by Gasteiger charge is -1.93. The van der Waals surface area contributed by atoms with Gasteiger partial charge >= 0.3 is 0 Å². The van der Waals surface area contributed by atoms with E-state index in [1.165, 1.54) is 6.08 Å². The lowest BCUT2D eigenvalue weighted by atomic mass is 10.1. The molecule has 1 nitrogen and oxygen atoms in total. The summed E-state index contributed by atoms with van der Waals surface area (Å²) in [6.45, 7) is 3.40. The molecule has 11 heavy (non-hydrogen) atoms.